The fraction of sp³-hybridized carbons (Fsp3) is 0.208. The van der Waals surface area contributed by atoms with Crippen LogP contribution in [0.25, 0.3) is 0 Å². The van der Waals surface area contributed by atoms with Gasteiger partial charge in [-0.3, -0.25) is 14.6 Å². The van der Waals surface area contributed by atoms with Crippen molar-refractivity contribution in [2.45, 2.75) is 12.6 Å². The van der Waals surface area contributed by atoms with Crippen LogP contribution in [0.2, 0.25) is 0 Å². The highest BCUT2D eigenvalue weighted by Crippen LogP contribution is 2.46. The Balaban J connectivity index is 1.88. The number of benzene rings is 1. The lowest BCUT2D eigenvalue weighted by molar-refractivity contribution is -0.130. The third kappa shape index (κ3) is 3.89. The zero-order chi connectivity index (χ0) is 23.5. The van der Waals surface area contributed by atoms with Gasteiger partial charge in [-0.15, -0.1) is 0 Å². The second kappa shape index (κ2) is 9.07. The summed E-state index contributed by atoms with van der Waals surface area (Å²) in [6.07, 6.45) is 4.58. The van der Waals surface area contributed by atoms with Gasteiger partial charge in [0.2, 0.25) is 11.5 Å². The summed E-state index contributed by atoms with van der Waals surface area (Å²) < 4.78 is 21.6. The van der Waals surface area contributed by atoms with Crippen molar-refractivity contribution in [3.8, 4) is 17.2 Å². The Kier molecular flexibility index (Phi) is 6.03. The number of amides is 1. The van der Waals surface area contributed by atoms with E-state index >= 15 is 0 Å². The molecule has 1 atom stereocenters. The average molecular weight is 450 g/mol. The first-order valence-corrected chi connectivity index (χ1v) is 10.0. The predicted molar refractivity (Wildman–Crippen MR) is 116 cm³/mol. The number of furan rings is 1. The summed E-state index contributed by atoms with van der Waals surface area (Å²) in [5, 5.41) is 10.8. The molecule has 0 radical (unpaired) electrons. The maximum Gasteiger partial charge on any atom is 0.290 e. The van der Waals surface area contributed by atoms with E-state index in [4.69, 9.17) is 18.6 Å². The molecule has 1 aromatic carbocycles. The predicted octanol–water partition coefficient (Wildman–Crippen LogP) is 3.48. The molecular formula is C24H22N2O7. The number of aromatic nitrogens is 1. The number of Topliss-reactive ketones (excluding diaryl/α,β-unsaturated/α-hetero) is 1. The number of carbonyl (C=O) groups excluding carboxylic acids is 2. The summed E-state index contributed by atoms with van der Waals surface area (Å²) in [7, 11) is 4.42. The molecule has 9 nitrogen and oxygen atoms in total. The number of rotatable bonds is 8. The van der Waals surface area contributed by atoms with Gasteiger partial charge in [0.25, 0.3) is 5.91 Å². The first-order valence-electron chi connectivity index (χ1n) is 10.0. The van der Waals surface area contributed by atoms with Crippen LogP contribution in [-0.2, 0) is 11.3 Å². The molecule has 0 saturated carbocycles. The Morgan fingerprint density at radius 3 is 2.39 bits per heavy atom. The van der Waals surface area contributed by atoms with Gasteiger partial charge in [0.1, 0.15) is 0 Å². The van der Waals surface area contributed by atoms with Crippen molar-refractivity contribution in [1.82, 2.24) is 9.88 Å². The molecule has 0 saturated heterocycles. The van der Waals surface area contributed by atoms with Gasteiger partial charge in [-0.25, -0.2) is 0 Å². The van der Waals surface area contributed by atoms with Crippen molar-refractivity contribution in [2.75, 3.05) is 21.3 Å². The van der Waals surface area contributed by atoms with Crippen LogP contribution in [-0.4, -0.2) is 48.0 Å². The Hall–Kier alpha value is -4.27. The van der Waals surface area contributed by atoms with Gasteiger partial charge in [0.15, 0.2) is 23.0 Å². The van der Waals surface area contributed by atoms with Crippen LogP contribution in [0.15, 0.2) is 70.8 Å². The van der Waals surface area contributed by atoms with Crippen molar-refractivity contribution < 1.29 is 33.3 Å². The zero-order valence-electron chi connectivity index (χ0n) is 18.3. The molecule has 0 aliphatic carbocycles. The molecule has 1 aliphatic rings. The van der Waals surface area contributed by atoms with E-state index in [1.807, 2.05) is 0 Å². The molecule has 3 heterocycles. The Labute approximate surface area is 189 Å². The molecule has 33 heavy (non-hydrogen) atoms. The highest BCUT2D eigenvalue weighted by Gasteiger charge is 2.45. The minimum atomic E-state index is -0.941. The standard InChI is InChI=1S/C24H22N2O7/c1-30-17-10-15(11-18(31-2)23(17)32-3)20-19(21(27)16-7-5-9-33-16)22(28)24(29)26(20)13-14-6-4-8-25-12-14/h4-12,20,28H,13H2,1-3H3/t20-/m1/s1. The Morgan fingerprint density at radius 2 is 1.85 bits per heavy atom. The summed E-state index contributed by atoms with van der Waals surface area (Å²) in [4.78, 5) is 31.9. The Bertz CT molecular complexity index is 1180. The molecule has 2 aromatic heterocycles. The van der Waals surface area contributed by atoms with Crippen molar-refractivity contribution in [2.24, 2.45) is 0 Å². The van der Waals surface area contributed by atoms with E-state index in [1.165, 1.54) is 38.6 Å². The maximum absolute atomic E-state index is 13.3. The lowest BCUT2D eigenvalue weighted by Crippen LogP contribution is -2.30. The maximum atomic E-state index is 13.3. The summed E-state index contributed by atoms with van der Waals surface area (Å²) in [6, 6.07) is 8.92. The first-order chi connectivity index (χ1) is 16.0. The van der Waals surface area contributed by atoms with Crippen LogP contribution in [0.1, 0.15) is 27.7 Å². The molecular weight excluding hydrogens is 428 g/mol. The normalized spacial score (nSPS) is 15.7. The molecule has 0 unspecified atom stereocenters. The minimum absolute atomic E-state index is 0.00465. The lowest BCUT2D eigenvalue weighted by Gasteiger charge is -2.27. The van der Waals surface area contributed by atoms with Gasteiger partial charge in [-0.2, -0.15) is 0 Å². The Morgan fingerprint density at radius 1 is 1.12 bits per heavy atom. The fourth-order valence-electron chi connectivity index (χ4n) is 3.88. The van der Waals surface area contributed by atoms with Crippen LogP contribution in [0.4, 0.5) is 0 Å². The summed E-state index contributed by atoms with van der Waals surface area (Å²) in [5.41, 5.74) is 1.11. The van der Waals surface area contributed by atoms with E-state index in [-0.39, 0.29) is 17.9 Å². The van der Waals surface area contributed by atoms with Crippen molar-refractivity contribution in [1.29, 1.82) is 0 Å². The number of nitrogens with zero attached hydrogens (tertiary/aromatic N) is 2. The van der Waals surface area contributed by atoms with E-state index in [1.54, 1.807) is 42.7 Å². The van der Waals surface area contributed by atoms with Crippen LogP contribution in [0, 0.1) is 0 Å². The fourth-order valence-corrected chi connectivity index (χ4v) is 3.88. The number of pyridine rings is 1. The van der Waals surface area contributed by atoms with E-state index in [0.717, 1.165) is 5.56 Å². The number of aliphatic hydroxyl groups excluding tert-OH is 1. The van der Waals surface area contributed by atoms with E-state index in [9.17, 15) is 14.7 Å². The lowest BCUT2D eigenvalue weighted by atomic mass is 9.94. The number of ketones is 1. The largest absolute Gasteiger partial charge is 0.503 e. The first kappa shape index (κ1) is 21.9. The summed E-state index contributed by atoms with van der Waals surface area (Å²) in [6.45, 7) is 0.104. The molecule has 1 amide bonds. The molecule has 1 aliphatic heterocycles. The third-order valence-corrected chi connectivity index (χ3v) is 5.37. The number of methoxy groups -OCH3 is 3. The van der Waals surface area contributed by atoms with Crippen molar-refractivity contribution in [3.63, 3.8) is 0 Å². The monoisotopic (exact) mass is 450 g/mol. The number of aliphatic hydroxyl groups is 1. The quantitative estimate of drug-likeness (QED) is 0.519. The number of ether oxygens (including phenoxy) is 3. The molecule has 0 bridgehead atoms. The van der Waals surface area contributed by atoms with E-state index in [0.29, 0.717) is 22.8 Å². The molecule has 0 fully saturated rings. The number of hydrogen-bond donors (Lipinski definition) is 1. The van der Waals surface area contributed by atoms with Gasteiger partial charge >= 0.3 is 0 Å². The molecule has 170 valence electrons. The summed E-state index contributed by atoms with van der Waals surface area (Å²) in [5.74, 6) is -0.873. The van der Waals surface area contributed by atoms with Crippen LogP contribution in [0.3, 0.4) is 0 Å². The number of hydrogen-bond acceptors (Lipinski definition) is 8. The van der Waals surface area contributed by atoms with Crippen LogP contribution >= 0.6 is 0 Å². The van der Waals surface area contributed by atoms with Gasteiger partial charge in [0.05, 0.1) is 39.2 Å². The highest BCUT2D eigenvalue weighted by molar-refractivity contribution is 6.15. The van der Waals surface area contributed by atoms with Gasteiger partial charge in [-0.05, 0) is 41.5 Å². The summed E-state index contributed by atoms with van der Waals surface area (Å²) >= 11 is 0. The molecule has 3 aromatic rings. The average Bonchev–Trinajstić information content (AvgIpc) is 3.47. The molecule has 1 N–H and O–H groups in total. The second-order valence-electron chi connectivity index (χ2n) is 7.22. The molecule has 0 spiro atoms. The highest BCUT2D eigenvalue weighted by atomic mass is 16.5. The zero-order valence-corrected chi connectivity index (χ0v) is 18.3. The third-order valence-electron chi connectivity index (χ3n) is 5.37. The van der Waals surface area contributed by atoms with E-state index in [2.05, 4.69) is 4.98 Å². The van der Waals surface area contributed by atoms with Gasteiger partial charge in [-0.1, -0.05) is 6.07 Å². The minimum Gasteiger partial charge on any atom is -0.503 e. The van der Waals surface area contributed by atoms with Crippen molar-refractivity contribution >= 4 is 11.7 Å². The molecule has 9 heteroatoms. The van der Waals surface area contributed by atoms with Crippen LogP contribution < -0.4 is 14.2 Å². The van der Waals surface area contributed by atoms with Crippen LogP contribution in [0.5, 0.6) is 17.2 Å². The number of carbonyl (C=O) groups is 2. The van der Waals surface area contributed by atoms with Gasteiger partial charge in [0, 0.05) is 18.9 Å². The topological polar surface area (TPSA) is 111 Å². The van der Waals surface area contributed by atoms with Gasteiger partial charge < -0.3 is 28.6 Å². The van der Waals surface area contributed by atoms with E-state index < -0.39 is 23.5 Å². The second-order valence-corrected chi connectivity index (χ2v) is 7.22. The molecule has 4 rings (SSSR count). The SMILES string of the molecule is COc1cc([C@@H]2C(C(=O)c3ccco3)=C(O)C(=O)N2Cc2cccnc2)cc(OC)c1OC. The van der Waals surface area contributed by atoms with Crippen molar-refractivity contribution in [3.05, 3.63) is 83.3 Å². The smallest absolute Gasteiger partial charge is 0.290 e.